The minimum atomic E-state index is -4.48. The minimum Gasteiger partial charge on any atom is -0.473 e. The Morgan fingerprint density at radius 1 is 1.23 bits per heavy atom. The second-order valence-corrected chi connectivity index (χ2v) is 5.69. The topological polar surface area (TPSA) is 59.9 Å². The molecule has 2 rings (SSSR count). The van der Waals surface area contributed by atoms with Crippen LogP contribution in [-0.4, -0.2) is 27.6 Å². The van der Waals surface area contributed by atoms with Crippen LogP contribution >= 0.6 is 11.6 Å². The van der Waals surface area contributed by atoms with Crippen molar-refractivity contribution in [3.05, 3.63) is 40.4 Å². The Kier molecular flexibility index (Phi) is 6.17. The normalized spacial score (nSPS) is 13.0. The van der Waals surface area contributed by atoms with Crippen LogP contribution in [0.5, 0.6) is 5.88 Å². The van der Waals surface area contributed by atoms with E-state index >= 15 is 0 Å². The Labute approximate surface area is 150 Å². The summed E-state index contributed by atoms with van der Waals surface area (Å²) in [5, 5.41) is 2.46. The molecular formula is C15H14ClF5N4O. The molecule has 0 bridgehead atoms. The highest BCUT2D eigenvalue weighted by molar-refractivity contribution is 6.33. The van der Waals surface area contributed by atoms with E-state index < -0.39 is 30.0 Å². The molecule has 1 N–H and O–H groups in total. The highest BCUT2D eigenvalue weighted by Gasteiger charge is 2.30. The number of rotatable bonds is 6. The van der Waals surface area contributed by atoms with Crippen molar-refractivity contribution in [3.63, 3.8) is 0 Å². The molecule has 0 amide bonds. The zero-order valence-electron chi connectivity index (χ0n) is 13.6. The molecule has 26 heavy (non-hydrogen) atoms. The molecule has 1 atom stereocenters. The van der Waals surface area contributed by atoms with Crippen LogP contribution in [0.2, 0.25) is 5.02 Å². The summed E-state index contributed by atoms with van der Waals surface area (Å²) in [6.07, 6.45) is -7.23. The summed E-state index contributed by atoms with van der Waals surface area (Å²) < 4.78 is 68.6. The van der Waals surface area contributed by atoms with Crippen molar-refractivity contribution in [2.24, 2.45) is 0 Å². The number of pyridine rings is 1. The molecule has 2 aromatic rings. The molecule has 0 spiro atoms. The molecule has 0 saturated heterocycles. The second-order valence-electron chi connectivity index (χ2n) is 5.31. The fourth-order valence-corrected chi connectivity index (χ4v) is 2.18. The zero-order valence-corrected chi connectivity index (χ0v) is 14.4. The van der Waals surface area contributed by atoms with Crippen LogP contribution in [0.3, 0.4) is 0 Å². The lowest BCUT2D eigenvalue weighted by Crippen LogP contribution is -2.24. The van der Waals surface area contributed by atoms with Gasteiger partial charge in [0.2, 0.25) is 5.88 Å². The van der Waals surface area contributed by atoms with Crippen LogP contribution in [0.4, 0.5) is 27.8 Å². The Hall–Kier alpha value is -2.23. The zero-order chi connectivity index (χ0) is 19.5. The van der Waals surface area contributed by atoms with Crippen LogP contribution in [0.15, 0.2) is 18.3 Å². The van der Waals surface area contributed by atoms with Crippen molar-refractivity contribution in [1.29, 1.82) is 0 Å². The van der Waals surface area contributed by atoms with Crippen molar-refractivity contribution >= 4 is 17.4 Å². The van der Waals surface area contributed by atoms with Gasteiger partial charge in [0, 0.05) is 12.3 Å². The van der Waals surface area contributed by atoms with Gasteiger partial charge in [-0.2, -0.15) is 13.2 Å². The Bertz CT molecular complexity index is 755. The predicted octanol–water partition coefficient (Wildman–Crippen LogP) is 4.67. The van der Waals surface area contributed by atoms with E-state index in [9.17, 15) is 22.0 Å². The Morgan fingerprint density at radius 3 is 2.46 bits per heavy atom. The van der Waals surface area contributed by atoms with E-state index in [0.717, 1.165) is 12.1 Å². The van der Waals surface area contributed by atoms with E-state index in [1.54, 1.807) is 6.92 Å². The molecule has 0 radical (unpaired) electrons. The van der Waals surface area contributed by atoms with E-state index in [-0.39, 0.29) is 29.1 Å². The van der Waals surface area contributed by atoms with Crippen LogP contribution in [0.1, 0.15) is 30.4 Å². The van der Waals surface area contributed by atoms with Gasteiger partial charge in [0.25, 0.3) is 6.43 Å². The lowest BCUT2D eigenvalue weighted by atomic mass is 10.3. The number of halogens is 6. The van der Waals surface area contributed by atoms with Gasteiger partial charge in [-0.1, -0.05) is 11.6 Å². The molecule has 2 heterocycles. The number of alkyl halides is 5. The Balaban J connectivity index is 2.00. The number of hydrogen-bond acceptors (Lipinski definition) is 5. The fourth-order valence-electron chi connectivity index (χ4n) is 1.95. The first-order valence-electron chi connectivity index (χ1n) is 7.34. The molecule has 11 heteroatoms. The molecule has 0 aliphatic heterocycles. The maximum absolute atomic E-state index is 12.9. The molecule has 142 valence electrons. The third-order valence-corrected chi connectivity index (χ3v) is 3.51. The molecule has 2 aromatic heterocycles. The third-order valence-electron chi connectivity index (χ3n) is 3.14. The van der Waals surface area contributed by atoms with E-state index in [2.05, 4.69) is 20.3 Å². The summed E-state index contributed by atoms with van der Waals surface area (Å²) in [5.74, 6) is 0.126. The summed E-state index contributed by atoms with van der Waals surface area (Å²) in [6.45, 7) is 3.16. The molecule has 1 unspecified atom stereocenters. The standard InChI is InChI=1S/C15H14ClF5N4O/c1-7(26-10-4-3-9(6-22-10)15(19,20)21)5-23-14-11(16)12(13(17)18)24-8(2)25-14/h3-4,6-7,13H,5H2,1-2H3,(H,23,24,25). The number of ether oxygens (including phenoxy) is 1. The third kappa shape index (κ3) is 5.13. The highest BCUT2D eigenvalue weighted by atomic mass is 35.5. The van der Waals surface area contributed by atoms with E-state index in [4.69, 9.17) is 16.3 Å². The molecule has 0 saturated carbocycles. The molecule has 0 aromatic carbocycles. The number of hydrogen-bond donors (Lipinski definition) is 1. The summed E-state index contributed by atoms with van der Waals surface area (Å²) >= 11 is 5.85. The smallest absolute Gasteiger partial charge is 0.417 e. The van der Waals surface area contributed by atoms with Gasteiger partial charge >= 0.3 is 6.18 Å². The van der Waals surface area contributed by atoms with Gasteiger partial charge in [0.1, 0.15) is 28.5 Å². The first-order chi connectivity index (χ1) is 12.1. The largest absolute Gasteiger partial charge is 0.473 e. The van der Waals surface area contributed by atoms with Crippen LogP contribution in [0.25, 0.3) is 0 Å². The predicted molar refractivity (Wildman–Crippen MR) is 84.6 cm³/mol. The Morgan fingerprint density at radius 2 is 1.92 bits per heavy atom. The average Bonchev–Trinajstić information content (AvgIpc) is 2.54. The monoisotopic (exact) mass is 396 g/mol. The first-order valence-corrected chi connectivity index (χ1v) is 7.71. The summed E-state index contributed by atoms with van der Waals surface area (Å²) in [5.41, 5.74) is -1.47. The van der Waals surface area contributed by atoms with Gasteiger partial charge in [0.15, 0.2) is 0 Å². The number of nitrogens with one attached hydrogen (secondary N) is 1. The van der Waals surface area contributed by atoms with Gasteiger partial charge in [0.05, 0.1) is 12.1 Å². The van der Waals surface area contributed by atoms with Crippen molar-refractivity contribution in [2.75, 3.05) is 11.9 Å². The van der Waals surface area contributed by atoms with E-state index in [1.165, 1.54) is 6.92 Å². The fraction of sp³-hybridized carbons (Fsp3) is 0.400. The molecule has 0 aliphatic rings. The SMILES string of the molecule is Cc1nc(NCC(C)Oc2ccc(C(F)(F)F)cn2)c(Cl)c(C(F)F)n1. The highest BCUT2D eigenvalue weighted by Crippen LogP contribution is 2.31. The number of anilines is 1. The van der Waals surface area contributed by atoms with Gasteiger partial charge in [-0.3, -0.25) is 0 Å². The minimum absolute atomic E-state index is 0.00876. The van der Waals surface area contributed by atoms with Crippen LogP contribution < -0.4 is 10.1 Å². The molecule has 5 nitrogen and oxygen atoms in total. The molecular weight excluding hydrogens is 383 g/mol. The first kappa shape index (κ1) is 20.1. The summed E-state index contributed by atoms with van der Waals surface area (Å²) in [7, 11) is 0. The van der Waals surface area contributed by atoms with Gasteiger partial charge in [-0.15, -0.1) is 0 Å². The summed E-state index contributed by atoms with van der Waals surface area (Å²) in [4.78, 5) is 11.1. The average molecular weight is 397 g/mol. The second kappa shape index (κ2) is 7.98. The number of aromatic nitrogens is 3. The van der Waals surface area contributed by atoms with Crippen LogP contribution in [0, 0.1) is 6.92 Å². The summed E-state index contributed by atoms with van der Waals surface area (Å²) in [6, 6.07) is 1.94. The molecule has 0 aliphatic carbocycles. The quantitative estimate of drug-likeness (QED) is 0.719. The number of aryl methyl sites for hydroxylation is 1. The van der Waals surface area contributed by atoms with Crippen molar-refractivity contribution < 1.29 is 26.7 Å². The number of nitrogens with zero attached hydrogens (tertiary/aromatic N) is 3. The van der Waals surface area contributed by atoms with Crippen molar-refractivity contribution in [3.8, 4) is 5.88 Å². The van der Waals surface area contributed by atoms with Crippen LogP contribution in [-0.2, 0) is 6.18 Å². The maximum atomic E-state index is 12.9. The van der Waals surface area contributed by atoms with E-state index in [1.807, 2.05) is 0 Å². The molecule has 0 fully saturated rings. The maximum Gasteiger partial charge on any atom is 0.417 e. The van der Waals surface area contributed by atoms with Gasteiger partial charge in [-0.25, -0.2) is 23.7 Å². The van der Waals surface area contributed by atoms with E-state index in [0.29, 0.717) is 6.20 Å². The van der Waals surface area contributed by atoms with Crippen molar-refractivity contribution in [2.45, 2.75) is 32.6 Å². The van der Waals surface area contributed by atoms with Crippen molar-refractivity contribution in [1.82, 2.24) is 15.0 Å². The lowest BCUT2D eigenvalue weighted by Gasteiger charge is -2.17. The lowest BCUT2D eigenvalue weighted by molar-refractivity contribution is -0.137. The van der Waals surface area contributed by atoms with Gasteiger partial charge < -0.3 is 10.1 Å². The van der Waals surface area contributed by atoms with Gasteiger partial charge in [-0.05, 0) is 19.9 Å².